The lowest BCUT2D eigenvalue weighted by atomic mass is 9.70. The molecule has 2 amide bonds. The molecule has 1 fully saturated rings. The molecule has 0 spiro atoms. The number of benzene rings is 2. The van der Waals surface area contributed by atoms with Crippen LogP contribution >= 0.6 is 0 Å². The van der Waals surface area contributed by atoms with Crippen molar-refractivity contribution in [3.05, 3.63) is 65.7 Å². The van der Waals surface area contributed by atoms with Gasteiger partial charge in [-0.25, -0.2) is 9.69 Å². The van der Waals surface area contributed by atoms with E-state index in [1.54, 1.807) is 63.2 Å². The summed E-state index contributed by atoms with van der Waals surface area (Å²) < 4.78 is 5.62. The van der Waals surface area contributed by atoms with E-state index in [1.165, 1.54) is 0 Å². The first-order valence-electron chi connectivity index (χ1n) is 11.0. The fraction of sp³-hybridized carbons (Fsp3) is 0.407. The quantitative estimate of drug-likeness (QED) is 0.503. The highest BCUT2D eigenvalue weighted by Gasteiger charge is 2.59. The number of para-hydroxylation sites is 1. The lowest BCUT2D eigenvalue weighted by Gasteiger charge is -2.33. The average molecular weight is 447 g/mol. The van der Waals surface area contributed by atoms with Crippen molar-refractivity contribution in [1.29, 1.82) is 5.26 Å². The van der Waals surface area contributed by atoms with Gasteiger partial charge in [0.25, 0.3) is 0 Å². The predicted octanol–water partition coefficient (Wildman–Crippen LogP) is 4.67. The molecule has 2 aromatic carbocycles. The van der Waals surface area contributed by atoms with Crippen molar-refractivity contribution in [3.63, 3.8) is 0 Å². The van der Waals surface area contributed by atoms with Gasteiger partial charge in [0.05, 0.1) is 17.7 Å². The van der Waals surface area contributed by atoms with Crippen molar-refractivity contribution in [2.45, 2.75) is 64.4 Å². The molecule has 1 aliphatic heterocycles. The van der Waals surface area contributed by atoms with Crippen molar-refractivity contribution in [3.8, 4) is 6.07 Å². The molecule has 1 heterocycles. The summed E-state index contributed by atoms with van der Waals surface area (Å²) in [5, 5.41) is 10.4. The van der Waals surface area contributed by atoms with E-state index in [4.69, 9.17) is 4.74 Å². The summed E-state index contributed by atoms with van der Waals surface area (Å²) in [6.07, 6.45) is -0.265. The zero-order valence-corrected chi connectivity index (χ0v) is 20.0. The Hall–Kier alpha value is -3.46. The first-order valence-corrected chi connectivity index (χ1v) is 11.0. The summed E-state index contributed by atoms with van der Waals surface area (Å²) in [5.41, 5.74) is -1.52. The Labute approximate surface area is 195 Å². The fourth-order valence-corrected chi connectivity index (χ4v) is 4.24. The Morgan fingerprint density at radius 1 is 0.970 bits per heavy atom. The molecule has 6 nitrogen and oxygen atoms in total. The first kappa shape index (κ1) is 24.2. The van der Waals surface area contributed by atoms with E-state index in [1.807, 2.05) is 32.9 Å². The third kappa shape index (κ3) is 4.41. The number of imide groups is 1. The monoisotopic (exact) mass is 446 g/mol. The zero-order valence-electron chi connectivity index (χ0n) is 20.0. The average Bonchev–Trinajstić information content (AvgIpc) is 3.02. The third-order valence-corrected chi connectivity index (χ3v) is 5.75. The van der Waals surface area contributed by atoms with E-state index in [9.17, 15) is 19.6 Å². The molecule has 2 aromatic rings. The van der Waals surface area contributed by atoms with E-state index >= 15 is 0 Å². The predicted molar refractivity (Wildman–Crippen MR) is 125 cm³/mol. The number of ether oxygens (including phenoxy) is 1. The Balaban J connectivity index is 2.17. The standard InChI is InChI=1S/C27H30N2O4/c1-25(2,3)19-14-10-11-15-21(19)29-22(30)16-20(23(29)31)27(17-28,18-12-8-7-9-13-18)24(32)33-26(4,5)6/h7-15,20H,16H2,1-6H3/t20-,27+/m1/s1. The van der Waals surface area contributed by atoms with Gasteiger partial charge in [0, 0.05) is 6.42 Å². The maximum absolute atomic E-state index is 13.8. The Morgan fingerprint density at radius 2 is 1.55 bits per heavy atom. The van der Waals surface area contributed by atoms with Crippen LogP contribution in [0.15, 0.2) is 54.6 Å². The van der Waals surface area contributed by atoms with Gasteiger partial charge < -0.3 is 4.74 Å². The van der Waals surface area contributed by atoms with Crippen LogP contribution in [-0.4, -0.2) is 23.4 Å². The molecule has 2 atom stereocenters. The van der Waals surface area contributed by atoms with Crippen LogP contribution in [-0.2, 0) is 30.0 Å². The fourth-order valence-electron chi connectivity index (χ4n) is 4.24. The SMILES string of the molecule is CC(C)(C)OC(=O)[C@@](C#N)(c1ccccc1)[C@@H]1CC(=O)N(c2ccccc2C(C)(C)C)C1=O. The van der Waals surface area contributed by atoms with Crippen LogP contribution in [0.4, 0.5) is 5.69 Å². The molecule has 0 saturated carbocycles. The summed E-state index contributed by atoms with van der Waals surface area (Å²) in [7, 11) is 0. The Kier molecular flexibility index (Phi) is 6.21. The Bertz CT molecular complexity index is 1120. The number of amides is 2. The molecule has 3 rings (SSSR count). The van der Waals surface area contributed by atoms with Crippen molar-refractivity contribution in [1.82, 2.24) is 0 Å². The van der Waals surface area contributed by atoms with Crippen LogP contribution in [0.25, 0.3) is 0 Å². The minimum absolute atomic E-state index is 0.265. The van der Waals surface area contributed by atoms with E-state index in [-0.39, 0.29) is 11.8 Å². The van der Waals surface area contributed by atoms with Crippen LogP contribution in [0.3, 0.4) is 0 Å². The normalized spacial score (nSPS) is 18.6. The van der Waals surface area contributed by atoms with E-state index < -0.39 is 34.7 Å². The summed E-state index contributed by atoms with van der Waals surface area (Å²) >= 11 is 0. The summed E-state index contributed by atoms with van der Waals surface area (Å²) in [4.78, 5) is 41.6. The molecular weight excluding hydrogens is 416 g/mol. The van der Waals surface area contributed by atoms with Gasteiger partial charge in [-0.15, -0.1) is 0 Å². The second-order valence-corrected chi connectivity index (χ2v) is 10.4. The molecule has 0 aliphatic carbocycles. The molecule has 172 valence electrons. The maximum atomic E-state index is 13.8. The molecule has 1 saturated heterocycles. The van der Waals surface area contributed by atoms with Gasteiger partial charge in [-0.3, -0.25) is 9.59 Å². The van der Waals surface area contributed by atoms with Gasteiger partial charge in [-0.1, -0.05) is 69.3 Å². The van der Waals surface area contributed by atoms with Crippen molar-refractivity contribution >= 4 is 23.5 Å². The van der Waals surface area contributed by atoms with Gasteiger partial charge in [0.15, 0.2) is 5.41 Å². The summed E-state index contributed by atoms with van der Waals surface area (Å²) in [5.74, 6) is -3.06. The van der Waals surface area contributed by atoms with Gasteiger partial charge in [0.1, 0.15) is 5.60 Å². The summed E-state index contributed by atoms with van der Waals surface area (Å²) in [6, 6.07) is 17.7. The van der Waals surface area contributed by atoms with Crippen molar-refractivity contribution in [2.75, 3.05) is 4.90 Å². The minimum Gasteiger partial charge on any atom is -0.459 e. The molecule has 1 aliphatic rings. The number of rotatable bonds is 4. The molecule has 0 radical (unpaired) electrons. The molecule has 0 aromatic heterocycles. The first-order chi connectivity index (χ1) is 15.3. The largest absolute Gasteiger partial charge is 0.459 e. The van der Waals surface area contributed by atoms with Crippen LogP contribution in [0.1, 0.15) is 59.1 Å². The maximum Gasteiger partial charge on any atom is 0.332 e. The van der Waals surface area contributed by atoms with Gasteiger partial charge >= 0.3 is 5.97 Å². The number of anilines is 1. The molecule has 0 unspecified atom stereocenters. The van der Waals surface area contributed by atoms with Crippen LogP contribution < -0.4 is 4.90 Å². The molecule has 0 bridgehead atoms. The number of nitrogens with zero attached hydrogens (tertiary/aromatic N) is 2. The highest BCUT2D eigenvalue weighted by atomic mass is 16.6. The van der Waals surface area contributed by atoms with E-state index in [2.05, 4.69) is 6.07 Å². The van der Waals surface area contributed by atoms with Crippen LogP contribution in [0, 0.1) is 17.2 Å². The number of esters is 1. The molecule has 6 heteroatoms. The highest BCUT2D eigenvalue weighted by Crippen LogP contribution is 2.44. The number of hydrogen-bond donors (Lipinski definition) is 0. The van der Waals surface area contributed by atoms with Crippen molar-refractivity contribution < 1.29 is 19.1 Å². The number of carbonyl (C=O) groups is 3. The van der Waals surface area contributed by atoms with Gasteiger partial charge in [-0.05, 0) is 43.4 Å². The van der Waals surface area contributed by atoms with Crippen LogP contribution in [0.5, 0.6) is 0 Å². The van der Waals surface area contributed by atoms with Crippen molar-refractivity contribution in [2.24, 2.45) is 5.92 Å². The second-order valence-electron chi connectivity index (χ2n) is 10.4. The van der Waals surface area contributed by atoms with Gasteiger partial charge in [-0.2, -0.15) is 5.26 Å². The molecular formula is C27H30N2O4. The lowest BCUT2D eigenvalue weighted by molar-refractivity contribution is -0.163. The minimum atomic E-state index is -1.95. The molecule has 0 N–H and O–H groups in total. The smallest absolute Gasteiger partial charge is 0.332 e. The topological polar surface area (TPSA) is 87.5 Å². The highest BCUT2D eigenvalue weighted by molar-refractivity contribution is 6.23. The van der Waals surface area contributed by atoms with Gasteiger partial charge in [0.2, 0.25) is 11.8 Å². The second kappa shape index (κ2) is 8.47. The van der Waals surface area contributed by atoms with Crippen LogP contribution in [0.2, 0.25) is 0 Å². The molecule has 33 heavy (non-hydrogen) atoms. The number of carbonyl (C=O) groups excluding carboxylic acids is 3. The third-order valence-electron chi connectivity index (χ3n) is 5.75. The summed E-state index contributed by atoms with van der Waals surface area (Å²) in [6.45, 7) is 11.1. The Morgan fingerprint density at radius 3 is 2.09 bits per heavy atom. The zero-order chi connectivity index (χ0) is 24.6. The number of hydrogen-bond acceptors (Lipinski definition) is 5. The number of nitriles is 1. The lowest BCUT2D eigenvalue weighted by Crippen LogP contribution is -2.48. The van der Waals surface area contributed by atoms with E-state index in [0.717, 1.165) is 10.5 Å². The van der Waals surface area contributed by atoms with E-state index in [0.29, 0.717) is 11.3 Å².